The molecule has 1 fully saturated rings. The topological polar surface area (TPSA) is 93.5 Å². The molecule has 1 aliphatic rings. The lowest BCUT2D eigenvalue weighted by molar-refractivity contribution is -0.121. The Hall–Kier alpha value is -3.33. The molecule has 0 radical (unpaired) electrons. The van der Waals surface area contributed by atoms with Crippen molar-refractivity contribution in [3.05, 3.63) is 70.8 Å². The first kappa shape index (κ1) is 28.7. The normalized spacial score (nSPS) is 14.4. The van der Waals surface area contributed by atoms with Gasteiger partial charge in [-0.2, -0.15) is 17.6 Å². The highest BCUT2D eigenvalue weighted by atomic mass is 32.1. The fourth-order valence-corrected chi connectivity index (χ4v) is 5.68. The second-order valence-electron chi connectivity index (χ2n) is 9.94. The Morgan fingerprint density at radius 2 is 1.95 bits per heavy atom. The van der Waals surface area contributed by atoms with E-state index in [0.717, 1.165) is 30.7 Å². The minimum atomic E-state index is -1.07. The molecule has 1 amide bonds. The van der Waals surface area contributed by atoms with Crippen molar-refractivity contribution in [3.63, 3.8) is 0 Å². The molecule has 1 aliphatic carbocycles. The number of rotatable bonds is 12. The largest absolute Gasteiger partial charge is 0.478 e. The number of carbonyl (C=O) groups excluding carboxylic acids is 1. The van der Waals surface area contributed by atoms with Gasteiger partial charge < -0.3 is 15.2 Å². The zero-order valence-corrected chi connectivity index (χ0v) is 23.3. The van der Waals surface area contributed by atoms with Crippen molar-refractivity contribution in [1.82, 2.24) is 14.9 Å². The lowest BCUT2D eigenvalue weighted by atomic mass is 9.98. The van der Waals surface area contributed by atoms with Crippen LogP contribution in [-0.2, 0) is 24.3 Å². The average Bonchev–Trinajstić information content (AvgIpc) is 3.56. The Morgan fingerprint density at radius 3 is 2.62 bits per heavy atom. The number of amides is 1. The number of hydrogen-bond acceptors (Lipinski definition) is 5. The first-order valence-corrected chi connectivity index (χ1v) is 14.1. The number of ether oxygens (including phenoxy) is 1. The van der Waals surface area contributed by atoms with Gasteiger partial charge in [0.25, 0.3) is 6.01 Å². The Labute approximate surface area is 234 Å². The summed E-state index contributed by atoms with van der Waals surface area (Å²) < 4.78 is 23.0. The summed E-state index contributed by atoms with van der Waals surface area (Å²) in [5.41, 5.74) is 2.97. The predicted octanol–water partition coefficient (Wildman–Crippen LogP) is 5.89. The number of carboxylic acids is 1. The summed E-state index contributed by atoms with van der Waals surface area (Å²) in [6.45, 7) is 4.60. The molecule has 1 saturated carbocycles. The maximum Gasteiger partial charge on any atom is 0.336 e. The van der Waals surface area contributed by atoms with Crippen LogP contribution in [0.25, 0.3) is 11.1 Å². The van der Waals surface area contributed by atoms with E-state index in [1.807, 2.05) is 13.8 Å². The molecule has 1 atom stereocenters. The molecule has 7 nitrogen and oxygen atoms in total. The van der Waals surface area contributed by atoms with Gasteiger partial charge in [0.15, 0.2) is 0 Å². The van der Waals surface area contributed by atoms with Gasteiger partial charge in [-0.15, -0.1) is 0 Å². The Balaban J connectivity index is 1.57. The summed E-state index contributed by atoms with van der Waals surface area (Å²) in [6.07, 6.45) is 6.13. The molecule has 9 heteroatoms. The van der Waals surface area contributed by atoms with Gasteiger partial charge in [0.2, 0.25) is 5.91 Å². The van der Waals surface area contributed by atoms with Crippen molar-refractivity contribution in [2.24, 2.45) is 5.92 Å². The van der Waals surface area contributed by atoms with E-state index >= 15 is 4.39 Å². The minimum Gasteiger partial charge on any atom is -0.478 e. The first-order chi connectivity index (χ1) is 18.8. The fourth-order valence-electron chi connectivity index (χ4n) is 5.29. The molecule has 2 N–H and O–H groups in total. The van der Waals surface area contributed by atoms with E-state index in [1.165, 1.54) is 25.0 Å². The van der Waals surface area contributed by atoms with Crippen molar-refractivity contribution < 1.29 is 23.8 Å². The van der Waals surface area contributed by atoms with Gasteiger partial charge in [-0.05, 0) is 48.9 Å². The van der Waals surface area contributed by atoms with Crippen LogP contribution in [0.5, 0.6) is 6.01 Å². The molecule has 3 aromatic rings. The molecule has 4 rings (SSSR count). The highest BCUT2D eigenvalue weighted by Crippen LogP contribution is 2.30. The second kappa shape index (κ2) is 13.2. The highest BCUT2D eigenvalue weighted by Gasteiger charge is 2.24. The maximum atomic E-state index is 15.4. The highest BCUT2D eigenvalue weighted by molar-refractivity contribution is 7.81. The number of aromatic carboxylic acids is 1. The van der Waals surface area contributed by atoms with Gasteiger partial charge in [-0.25, -0.2) is 9.18 Å². The number of aromatic nitrogens is 2. The van der Waals surface area contributed by atoms with Crippen molar-refractivity contribution in [3.8, 4) is 17.1 Å². The third-order valence-electron chi connectivity index (χ3n) is 7.34. The summed E-state index contributed by atoms with van der Waals surface area (Å²) in [5, 5.41) is 12.2. The van der Waals surface area contributed by atoms with Gasteiger partial charge in [0.1, 0.15) is 5.82 Å². The third kappa shape index (κ3) is 6.82. The lowest BCUT2D eigenvalue weighted by Crippen LogP contribution is -2.33. The molecule has 0 bridgehead atoms. The van der Waals surface area contributed by atoms with Crippen LogP contribution in [-0.4, -0.2) is 38.4 Å². The van der Waals surface area contributed by atoms with Crippen molar-refractivity contribution in [2.75, 3.05) is 6.61 Å². The zero-order chi connectivity index (χ0) is 27.9. The molecular formula is C30H36FN3O4S. The quantitative estimate of drug-likeness (QED) is 0.243. The van der Waals surface area contributed by atoms with Gasteiger partial charge >= 0.3 is 5.97 Å². The van der Waals surface area contributed by atoms with E-state index < -0.39 is 11.8 Å². The number of nitrogens with zero attached hydrogens (tertiary/aromatic N) is 2. The number of imidazole rings is 1. The van der Waals surface area contributed by atoms with Crippen molar-refractivity contribution >= 4 is 24.5 Å². The predicted molar refractivity (Wildman–Crippen MR) is 152 cm³/mol. The summed E-state index contributed by atoms with van der Waals surface area (Å²) in [6, 6.07) is 11.6. The molecule has 39 heavy (non-hydrogen) atoms. The Bertz CT molecular complexity index is 1320. The number of carboxylic acid groups (broad SMARTS) is 1. The third-order valence-corrected chi connectivity index (χ3v) is 7.79. The van der Waals surface area contributed by atoms with Crippen LogP contribution in [0.15, 0.2) is 42.5 Å². The molecule has 1 aromatic heterocycles. The second-order valence-corrected chi connectivity index (χ2v) is 10.6. The molecule has 0 aliphatic heterocycles. The Kier molecular flexibility index (Phi) is 9.67. The molecule has 1 heterocycles. The van der Waals surface area contributed by atoms with Crippen LogP contribution in [0.2, 0.25) is 0 Å². The molecule has 0 spiro atoms. The van der Waals surface area contributed by atoms with E-state index in [-0.39, 0.29) is 29.8 Å². The monoisotopic (exact) mass is 553 g/mol. The summed E-state index contributed by atoms with van der Waals surface area (Å²) in [5.74, 6) is -1.11. The van der Waals surface area contributed by atoms with Crippen LogP contribution < -0.4 is 10.1 Å². The average molecular weight is 554 g/mol. The van der Waals surface area contributed by atoms with Crippen LogP contribution in [0.3, 0.4) is 0 Å². The minimum absolute atomic E-state index is 0.110. The molecule has 2 aromatic carbocycles. The van der Waals surface area contributed by atoms with E-state index in [0.29, 0.717) is 41.6 Å². The summed E-state index contributed by atoms with van der Waals surface area (Å²) >= 11 is 4.57. The molecule has 0 unspecified atom stereocenters. The lowest BCUT2D eigenvalue weighted by Gasteiger charge is -2.17. The number of aryl methyl sites for hydroxylation is 1. The maximum absolute atomic E-state index is 15.4. The summed E-state index contributed by atoms with van der Waals surface area (Å²) in [4.78, 5) is 29.1. The van der Waals surface area contributed by atoms with Gasteiger partial charge in [0, 0.05) is 5.56 Å². The smallest absolute Gasteiger partial charge is 0.336 e. The van der Waals surface area contributed by atoms with Gasteiger partial charge in [-0.3, -0.25) is 9.36 Å². The van der Waals surface area contributed by atoms with Crippen LogP contribution in [0, 0.1) is 11.7 Å². The number of carbonyl (C=O) groups is 2. The number of nitrogens with one attached hydrogen (secondary N) is 1. The van der Waals surface area contributed by atoms with Crippen molar-refractivity contribution in [1.29, 1.82) is 0 Å². The van der Waals surface area contributed by atoms with Gasteiger partial charge in [-0.1, -0.05) is 62.9 Å². The molecule has 208 valence electrons. The molecular weight excluding hydrogens is 517 g/mol. The number of thiol groups is 1. The number of halogens is 1. The van der Waals surface area contributed by atoms with E-state index in [2.05, 4.69) is 22.9 Å². The first-order valence-electron chi connectivity index (χ1n) is 13.6. The fraction of sp³-hybridized carbons (Fsp3) is 0.433. The van der Waals surface area contributed by atoms with Crippen LogP contribution >= 0.6 is 12.6 Å². The summed E-state index contributed by atoms with van der Waals surface area (Å²) in [7, 11) is 0. The number of benzene rings is 2. The van der Waals surface area contributed by atoms with Gasteiger partial charge in [0.05, 0.1) is 41.9 Å². The SMILES string of the molecule is CCOc1nc(CC)c(CNC(=O)[C@@H](S)CC2CCCC2)n1Cc1ccc(-c2ccccc2C(=O)O)cc1F. The standard InChI is InChI=1S/C30H36FN3O4S/c1-3-25-26(17-32-28(35)27(39)15-19-9-5-6-10-19)34(30(33-25)38-4-2)18-21-14-13-20(16-24(21)31)22-11-7-8-12-23(22)29(36)37/h7-8,11-14,16,19,27,39H,3-6,9-10,15,17-18H2,1-2H3,(H,32,35)(H,36,37)/t27-/m0/s1. The number of hydrogen-bond donors (Lipinski definition) is 3. The van der Waals surface area contributed by atoms with Crippen LogP contribution in [0.1, 0.15) is 73.3 Å². The van der Waals surface area contributed by atoms with E-state index in [9.17, 15) is 14.7 Å². The van der Waals surface area contributed by atoms with E-state index in [4.69, 9.17) is 4.74 Å². The van der Waals surface area contributed by atoms with Crippen molar-refractivity contribution in [2.45, 2.75) is 70.7 Å². The van der Waals surface area contributed by atoms with E-state index in [1.54, 1.807) is 34.9 Å². The molecule has 0 saturated heterocycles. The Morgan fingerprint density at radius 1 is 1.21 bits per heavy atom. The zero-order valence-electron chi connectivity index (χ0n) is 22.5. The van der Waals surface area contributed by atoms with Crippen LogP contribution in [0.4, 0.5) is 4.39 Å².